The van der Waals surface area contributed by atoms with Crippen LogP contribution in [-0.2, 0) is 16.6 Å². The molecule has 0 heterocycles. The maximum Gasteiger partial charge on any atom is 0.0621 e. The average molecular weight is 294 g/mol. The second-order valence-corrected chi connectivity index (χ2v) is 6.52. The van der Waals surface area contributed by atoms with E-state index in [1.807, 2.05) is 13.8 Å². The van der Waals surface area contributed by atoms with E-state index in [0.29, 0.717) is 21.4 Å². The first-order valence-electron chi connectivity index (χ1n) is 5.96. The third kappa shape index (κ3) is 3.58. The SMILES string of the molecule is Cc1cc(C)cc(CS(=O)c2ccc(Cl)cc2N)c1. The highest BCUT2D eigenvalue weighted by Crippen LogP contribution is 2.23. The smallest absolute Gasteiger partial charge is 0.0621 e. The van der Waals surface area contributed by atoms with Crippen molar-refractivity contribution in [2.24, 2.45) is 0 Å². The maximum absolute atomic E-state index is 12.4. The van der Waals surface area contributed by atoms with E-state index >= 15 is 0 Å². The lowest BCUT2D eigenvalue weighted by atomic mass is 10.1. The summed E-state index contributed by atoms with van der Waals surface area (Å²) in [6.07, 6.45) is 0. The fraction of sp³-hybridized carbons (Fsp3) is 0.200. The van der Waals surface area contributed by atoms with Crippen LogP contribution < -0.4 is 5.73 Å². The van der Waals surface area contributed by atoms with E-state index < -0.39 is 10.8 Å². The van der Waals surface area contributed by atoms with Crippen LogP contribution in [0.5, 0.6) is 0 Å². The highest BCUT2D eigenvalue weighted by molar-refractivity contribution is 7.84. The average Bonchev–Trinajstić information content (AvgIpc) is 2.26. The number of benzene rings is 2. The fourth-order valence-electron chi connectivity index (χ4n) is 2.11. The highest BCUT2D eigenvalue weighted by atomic mass is 35.5. The van der Waals surface area contributed by atoms with Gasteiger partial charge in [-0.3, -0.25) is 4.21 Å². The predicted octanol–water partition coefficient (Wildman–Crippen LogP) is 3.85. The molecule has 0 aliphatic heterocycles. The van der Waals surface area contributed by atoms with Crippen molar-refractivity contribution in [3.8, 4) is 0 Å². The number of hydrogen-bond acceptors (Lipinski definition) is 2. The molecular formula is C15H16ClNOS. The summed E-state index contributed by atoms with van der Waals surface area (Å²) in [4.78, 5) is 0.642. The Labute approximate surface area is 121 Å². The normalized spacial score (nSPS) is 12.4. The van der Waals surface area contributed by atoms with E-state index in [1.165, 1.54) is 11.1 Å². The molecule has 4 heteroatoms. The molecule has 0 fully saturated rings. The Bertz CT molecular complexity index is 620. The summed E-state index contributed by atoms with van der Waals surface area (Å²) < 4.78 is 12.4. The first-order chi connectivity index (χ1) is 8.95. The molecule has 1 atom stereocenters. The lowest BCUT2D eigenvalue weighted by molar-refractivity contribution is 0.683. The van der Waals surface area contributed by atoms with Crippen molar-refractivity contribution in [2.45, 2.75) is 24.5 Å². The molecular weight excluding hydrogens is 278 g/mol. The lowest BCUT2D eigenvalue weighted by Crippen LogP contribution is -2.01. The van der Waals surface area contributed by atoms with Crippen LogP contribution in [0.25, 0.3) is 0 Å². The summed E-state index contributed by atoms with van der Waals surface area (Å²) in [6.45, 7) is 4.08. The third-order valence-corrected chi connectivity index (χ3v) is 4.49. The van der Waals surface area contributed by atoms with Crippen LogP contribution in [0.1, 0.15) is 16.7 Å². The van der Waals surface area contributed by atoms with Gasteiger partial charge < -0.3 is 5.73 Å². The van der Waals surface area contributed by atoms with E-state index in [2.05, 4.69) is 18.2 Å². The van der Waals surface area contributed by atoms with Crippen molar-refractivity contribution in [3.63, 3.8) is 0 Å². The first kappa shape index (κ1) is 14.1. The Morgan fingerprint density at radius 1 is 1.11 bits per heavy atom. The Morgan fingerprint density at radius 3 is 2.32 bits per heavy atom. The lowest BCUT2D eigenvalue weighted by Gasteiger charge is -2.08. The van der Waals surface area contributed by atoms with E-state index in [9.17, 15) is 4.21 Å². The Morgan fingerprint density at radius 2 is 1.74 bits per heavy atom. The zero-order chi connectivity index (χ0) is 14.0. The number of halogens is 1. The van der Waals surface area contributed by atoms with Gasteiger partial charge in [0.15, 0.2) is 0 Å². The second-order valence-electron chi connectivity index (χ2n) is 4.67. The third-order valence-electron chi connectivity index (χ3n) is 2.80. The van der Waals surface area contributed by atoms with E-state index in [4.69, 9.17) is 17.3 Å². The Hall–Kier alpha value is -1.32. The molecule has 0 aliphatic rings. The Kier molecular flexibility index (Phi) is 4.27. The molecule has 0 spiro atoms. The van der Waals surface area contributed by atoms with Crippen molar-refractivity contribution in [1.82, 2.24) is 0 Å². The van der Waals surface area contributed by atoms with Gasteiger partial charge in [-0.1, -0.05) is 40.9 Å². The molecule has 2 aromatic carbocycles. The predicted molar refractivity (Wildman–Crippen MR) is 81.9 cm³/mol. The van der Waals surface area contributed by atoms with Gasteiger partial charge in [0.05, 0.1) is 21.4 Å². The first-order valence-corrected chi connectivity index (χ1v) is 7.66. The van der Waals surface area contributed by atoms with Gasteiger partial charge in [-0.25, -0.2) is 0 Å². The molecule has 0 saturated carbocycles. The van der Waals surface area contributed by atoms with Crippen molar-refractivity contribution in [1.29, 1.82) is 0 Å². The van der Waals surface area contributed by atoms with Crippen LogP contribution in [0.3, 0.4) is 0 Å². The molecule has 100 valence electrons. The minimum Gasteiger partial charge on any atom is -0.398 e. The molecule has 2 rings (SSSR count). The number of hydrogen-bond donors (Lipinski definition) is 1. The van der Waals surface area contributed by atoms with Crippen molar-refractivity contribution < 1.29 is 4.21 Å². The van der Waals surface area contributed by atoms with Crippen LogP contribution in [0, 0.1) is 13.8 Å². The summed E-state index contributed by atoms with van der Waals surface area (Å²) in [5, 5.41) is 0.560. The van der Waals surface area contributed by atoms with Gasteiger partial charge in [0.1, 0.15) is 0 Å². The standard InChI is InChI=1S/C15H16ClNOS/c1-10-5-11(2)7-12(6-10)9-19(18)15-4-3-13(16)8-14(15)17/h3-8H,9,17H2,1-2H3. The molecule has 0 amide bonds. The minimum atomic E-state index is -1.15. The van der Waals surface area contributed by atoms with Crippen LogP contribution in [0.15, 0.2) is 41.3 Å². The quantitative estimate of drug-likeness (QED) is 0.874. The molecule has 2 N–H and O–H groups in total. The molecule has 0 aliphatic carbocycles. The fourth-order valence-corrected chi connectivity index (χ4v) is 3.46. The number of nitrogens with two attached hydrogens (primary N) is 1. The number of aryl methyl sites for hydroxylation is 2. The van der Waals surface area contributed by atoms with Crippen molar-refractivity contribution >= 4 is 28.1 Å². The van der Waals surface area contributed by atoms with Crippen LogP contribution >= 0.6 is 11.6 Å². The molecule has 0 aromatic heterocycles. The van der Waals surface area contributed by atoms with Crippen LogP contribution in [0.2, 0.25) is 5.02 Å². The second kappa shape index (κ2) is 5.76. The molecule has 2 aromatic rings. The van der Waals surface area contributed by atoms with Gasteiger partial charge in [-0.2, -0.15) is 0 Å². The summed E-state index contributed by atoms with van der Waals surface area (Å²) in [6, 6.07) is 11.3. The van der Waals surface area contributed by atoms with Gasteiger partial charge in [0, 0.05) is 10.7 Å². The maximum atomic E-state index is 12.4. The Balaban J connectivity index is 2.25. The molecule has 19 heavy (non-hydrogen) atoms. The van der Waals surface area contributed by atoms with E-state index in [0.717, 1.165) is 5.56 Å². The molecule has 0 saturated heterocycles. The highest BCUT2D eigenvalue weighted by Gasteiger charge is 2.10. The van der Waals surface area contributed by atoms with E-state index in [1.54, 1.807) is 18.2 Å². The minimum absolute atomic E-state index is 0.467. The summed E-state index contributed by atoms with van der Waals surface area (Å²) >= 11 is 5.84. The number of rotatable bonds is 3. The zero-order valence-electron chi connectivity index (χ0n) is 10.9. The molecule has 2 nitrogen and oxygen atoms in total. The van der Waals surface area contributed by atoms with Crippen LogP contribution in [0.4, 0.5) is 5.69 Å². The zero-order valence-corrected chi connectivity index (χ0v) is 12.5. The van der Waals surface area contributed by atoms with Gasteiger partial charge in [-0.05, 0) is 37.6 Å². The molecule has 1 unspecified atom stereocenters. The van der Waals surface area contributed by atoms with E-state index in [-0.39, 0.29) is 0 Å². The van der Waals surface area contributed by atoms with Gasteiger partial charge in [0.2, 0.25) is 0 Å². The topological polar surface area (TPSA) is 43.1 Å². The van der Waals surface area contributed by atoms with Gasteiger partial charge >= 0.3 is 0 Å². The molecule has 0 radical (unpaired) electrons. The number of nitrogen functional groups attached to an aromatic ring is 1. The summed E-state index contributed by atoms with van der Waals surface area (Å²) in [5.41, 5.74) is 9.75. The molecule has 0 bridgehead atoms. The largest absolute Gasteiger partial charge is 0.398 e. The van der Waals surface area contributed by atoms with Crippen LogP contribution in [-0.4, -0.2) is 4.21 Å². The number of anilines is 1. The monoisotopic (exact) mass is 293 g/mol. The van der Waals surface area contributed by atoms with Gasteiger partial charge in [0.25, 0.3) is 0 Å². The summed E-state index contributed by atoms with van der Waals surface area (Å²) in [7, 11) is -1.15. The van der Waals surface area contributed by atoms with Crippen molar-refractivity contribution in [2.75, 3.05) is 5.73 Å². The van der Waals surface area contributed by atoms with Gasteiger partial charge in [-0.15, -0.1) is 0 Å². The van der Waals surface area contributed by atoms with Crippen molar-refractivity contribution in [3.05, 3.63) is 58.1 Å². The summed E-state index contributed by atoms with van der Waals surface area (Å²) in [5.74, 6) is 0.467.